The van der Waals surface area contributed by atoms with E-state index in [9.17, 15) is 14.3 Å². The summed E-state index contributed by atoms with van der Waals surface area (Å²) in [4.78, 5) is 14.9. The molecule has 1 amide bonds. The smallest absolute Gasteiger partial charge is 0.241 e. The van der Waals surface area contributed by atoms with Gasteiger partial charge in [-0.05, 0) is 24.6 Å². The number of anilines is 1. The molecule has 4 nitrogen and oxygen atoms in total. The molecule has 1 aliphatic heterocycles. The minimum Gasteiger partial charge on any atom is -0.389 e. The molecule has 0 unspecified atom stereocenters. The predicted octanol–water partition coefficient (Wildman–Crippen LogP) is 1.16. The average Bonchev–Trinajstić information content (AvgIpc) is 2.32. The second kappa shape index (κ2) is 4.94. The van der Waals surface area contributed by atoms with Gasteiger partial charge in [0.05, 0.1) is 18.3 Å². The van der Waals surface area contributed by atoms with E-state index in [4.69, 9.17) is 0 Å². The van der Waals surface area contributed by atoms with Gasteiger partial charge in [0.2, 0.25) is 5.91 Å². The molecule has 2 rings (SSSR count). The Morgan fingerprint density at radius 1 is 1.39 bits per heavy atom. The van der Waals surface area contributed by atoms with Gasteiger partial charge in [0.25, 0.3) is 0 Å². The third kappa shape index (κ3) is 2.46. The number of aliphatic hydroxyl groups is 1. The number of likely N-dealkylation sites (N-methyl/N-ethyl adjacent to an activating group) is 1. The normalized spacial score (nSPS) is 18.1. The summed E-state index contributed by atoms with van der Waals surface area (Å²) in [5, 5.41) is 9.39. The van der Waals surface area contributed by atoms with Gasteiger partial charge >= 0.3 is 0 Å². The van der Waals surface area contributed by atoms with Gasteiger partial charge in [-0.2, -0.15) is 0 Å². The first-order valence-electron chi connectivity index (χ1n) is 5.95. The summed E-state index contributed by atoms with van der Waals surface area (Å²) in [5.74, 6) is -0.411. The molecule has 0 saturated carbocycles. The third-order valence-corrected chi connectivity index (χ3v) is 3.25. The van der Waals surface area contributed by atoms with E-state index < -0.39 is 11.9 Å². The summed E-state index contributed by atoms with van der Waals surface area (Å²) in [6.45, 7) is 3.00. The van der Waals surface area contributed by atoms with Gasteiger partial charge in [0.1, 0.15) is 5.82 Å². The molecule has 1 aromatic rings. The van der Waals surface area contributed by atoms with E-state index >= 15 is 0 Å². The van der Waals surface area contributed by atoms with Crippen LogP contribution in [0.25, 0.3) is 0 Å². The van der Waals surface area contributed by atoms with E-state index in [2.05, 4.69) is 0 Å². The van der Waals surface area contributed by atoms with Crippen molar-refractivity contribution in [3.05, 3.63) is 29.6 Å². The molecule has 1 heterocycles. The van der Waals surface area contributed by atoms with Crippen molar-refractivity contribution in [1.29, 1.82) is 0 Å². The second-order valence-electron chi connectivity index (χ2n) is 4.62. The SMILES string of the molecule is C[C@@H](O)c1ccc(N2CCN(C)C(=O)C2)c(F)c1. The summed E-state index contributed by atoms with van der Waals surface area (Å²) < 4.78 is 13.9. The molecule has 1 aromatic carbocycles. The van der Waals surface area contributed by atoms with Crippen LogP contribution in [0.15, 0.2) is 18.2 Å². The van der Waals surface area contributed by atoms with Crippen LogP contribution in [0.4, 0.5) is 10.1 Å². The molecule has 0 aromatic heterocycles. The van der Waals surface area contributed by atoms with Gasteiger partial charge in [-0.25, -0.2) is 4.39 Å². The van der Waals surface area contributed by atoms with Crippen molar-refractivity contribution in [2.45, 2.75) is 13.0 Å². The lowest BCUT2D eigenvalue weighted by Crippen LogP contribution is -2.48. The zero-order chi connectivity index (χ0) is 13.3. The van der Waals surface area contributed by atoms with Crippen molar-refractivity contribution in [2.24, 2.45) is 0 Å². The van der Waals surface area contributed by atoms with Crippen LogP contribution in [0.2, 0.25) is 0 Å². The number of aliphatic hydroxyl groups excluding tert-OH is 1. The molecular weight excluding hydrogens is 235 g/mol. The molecule has 1 atom stereocenters. The molecular formula is C13H17FN2O2. The Morgan fingerprint density at radius 3 is 2.67 bits per heavy atom. The maximum Gasteiger partial charge on any atom is 0.241 e. The predicted molar refractivity (Wildman–Crippen MR) is 66.9 cm³/mol. The van der Waals surface area contributed by atoms with Crippen molar-refractivity contribution < 1.29 is 14.3 Å². The number of hydrogen-bond donors (Lipinski definition) is 1. The Morgan fingerprint density at radius 2 is 2.11 bits per heavy atom. The standard InChI is InChI=1S/C13H17FN2O2/c1-9(17)10-3-4-12(11(14)7-10)16-6-5-15(2)13(18)8-16/h3-4,7,9,17H,5-6,8H2,1-2H3/t9-/m1/s1. The highest BCUT2D eigenvalue weighted by molar-refractivity contribution is 5.82. The quantitative estimate of drug-likeness (QED) is 0.859. The fourth-order valence-electron chi connectivity index (χ4n) is 2.00. The highest BCUT2D eigenvalue weighted by atomic mass is 19.1. The van der Waals surface area contributed by atoms with Crippen LogP contribution >= 0.6 is 0 Å². The summed E-state index contributed by atoms with van der Waals surface area (Å²) >= 11 is 0. The zero-order valence-electron chi connectivity index (χ0n) is 10.6. The summed E-state index contributed by atoms with van der Waals surface area (Å²) in [7, 11) is 1.74. The molecule has 1 aliphatic rings. The van der Waals surface area contributed by atoms with E-state index in [0.29, 0.717) is 24.3 Å². The van der Waals surface area contributed by atoms with Crippen molar-refractivity contribution >= 4 is 11.6 Å². The number of amides is 1. The van der Waals surface area contributed by atoms with E-state index in [-0.39, 0.29) is 12.5 Å². The molecule has 1 fully saturated rings. The Bertz CT molecular complexity index is 462. The fourth-order valence-corrected chi connectivity index (χ4v) is 2.00. The maximum atomic E-state index is 13.9. The number of carbonyl (C=O) groups is 1. The van der Waals surface area contributed by atoms with Crippen molar-refractivity contribution in [3.63, 3.8) is 0 Å². The van der Waals surface area contributed by atoms with Crippen LogP contribution in [0.1, 0.15) is 18.6 Å². The highest BCUT2D eigenvalue weighted by Gasteiger charge is 2.23. The van der Waals surface area contributed by atoms with E-state index in [1.807, 2.05) is 0 Å². The zero-order valence-corrected chi connectivity index (χ0v) is 10.6. The lowest BCUT2D eigenvalue weighted by atomic mass is 10.1. The Kier molecular flexibility index (Phi) is 3.52. The monoisotopic (exact) mass is 252 g/mol. The van der Waals surface area contributed by atoms with Gasteiger partial charge in [0, 0.05) is 20.1 Å². The van der Waals surface area contributed by atoms with Crippen LogP contribution in [0.3, 0.4) is 0 Å². The first kappa shape index (κ1) is 12.8. The molecule has 98 valence electrons. The number of benzene rings is 1. The van der Waals surface area contributed by atoms with Crippen LogP contribution in [0.5, 0.6) is 0 Å². The number of piperazine rings is 1. The molecule has 0 aliphatic carbocycles. The van der Waals surface area contributed by atoms with Crippen molar-refractivity contribution in [1.82, 2.24) is 4.90 Å². The molecule has 18 heavy (non-hydrogen) atoms. The number of nitrogens with zero attached hydrogens (tertiary/aromatic N) is 2. The van der Waals surface area contributed by atoms with Gasteiger partial charge in [-0.1, -0.05) is 6.07 Å². The topological polar surface area (TPSA) is 43.8 Å². The van der Waals surface area contributed by atoms with Crippen LogP contribution in [-0.2, 0) is 4.79 Å². The van der Waals surface area contributed by atoms with Crippen molar-refractivity contribution in [2.75, 3.05) is 31.6 Å². The number of carbonyl (C=O) groups excluding carboxylic acids is 1. The van der Waals surface area contributed by atoms with E-state index in [1.54, 1.807) is 35.9 Å². The Hall–Kier alpha value is -1.62. The van der Waals surface area contributed by atoms with E-state index in [1.165, 1.54) is 6.07 Å². The average molecular weight is 252 g/mol. The molecule has 0 spiro atoms. The summed E-state index contributed by atoms with van der Waals surface area (Å²) in [6.07, 6.45) is -0.692. The largest absolute Gasteiger partial charge is 0.389 e. The summed E-state index contributed by atoms with van der Waals surface area (Å²) in [5.41, 5.74) is 0.956. The Balaban J connectivity index is 2.21. The van der Waals surface area contributed by atoms with Crippen LogP contribution in [-0.4, -0.2) is 42.6 Å². The minimum absolute atomic E-state index is 0.0137. The lowest BCUT2D eigenvalue weighted by Gasteiger charge is -2.33. The summed E-state index contributed by atoms with van der Waals surface area (Å²) in [6, 6.07) is 4.63. The number of halogens is 1. The maximum absolute atomic E-state index is 13.9. The van der Waals surface area contributed by atoms with Crippen molar-refractivity contribution in [3.8, 4) is 0 Å². The minimum atomic E-state index is -0.692. The first-order chi connectivity index (χ1) is 8.49. The van der Waals surface area contributed by atoms with Crippen LogP contribution in [0, 0.1) is 5.82 Å². The molecule has 5 heteroatoms. The Labute approximate surface area is 106 Å². The number of rotatable bonds is 2. The molecule has 1 saturated heterocycles. The van der Waals surface area contributed by atoms with Crippen LogP contribution < -0.4 is 4.90 Å². The highest BCUT2D eigenvalue weighted by Crippen LogP contribution is 2.24. The molecule has 0 radical (unpaired) electrons. The van der Waals surface area contributed by atoms with Gasteiger partial charge in [0.15, 0.2) is 0 Å². The van der Waals surface area contributed by atoms with Gasteiger partial charge in [-0.3, -0.25) is 4.79 Å². The molecule has 0 bridgehead atoms. The molecule has 1 N–H and O–H groups in total. The first-order valence-corrected chi connectivity index (χ1v) is 5.95. The third-order valence-electron chi connectivity index (χ3n) is 3.25. The van der Waals surface area contributed by atoms with Gasteiger partial charge < -0.3 is 14.9 Å². The fraction of sp³-hybridized carbons (Fsp3) is 0.462. The van der Waals surface area contributed by atoms with Gasteiger partial charge in [-0.15, -0.1) is 0 Å². The lowest BCUT2D eigenvalue weighted by molar-refractivity contribution is -0.129. The number of hydrogen-bond acceptors (Lipinski definition) is 3. The van der Waals surface area contributed by atoms with E-state index in [0.717, 1.165) is 0 Å². The second-order valence-corrected chi connectivity index (χ2v) is 4.62.